The van der Waals surface area contributed by atoms with Gasteiger partial charge in [-0.1, -0.05) is 26.8 Å². The van der Waals surface area contributed by atoms with Gasteiger partial charge in [-0.15, -0.1) is 0 Å². The smallest absolute Gasteiger partial charge is 0.254 e. The molecule has 0 saturated heterocycles. The third-order valence-corrected chi connectivity index (χ3v) is 8.49. The van der Waals surface area contributed by atoms with Crippen LogP contribution in [0.25, 0.3) is 0 Å². The van der Waals surface area contributed by atoms with Crippen LogP contribution in [0.15, 0.2) is 29.0 Å². The minimum atomic E-state index is 0.0747. The van der Waals surface area contributed by atoms with E-state index in [4.69, 9.17) is 9.26 Å². The normalized spacial score (nSPS) is 48.3. The molecular formula is C22H30N2O3. The highest BCUT2D eigenvalue weighted by atomic mass is 16.5. The zero-order valence-electron chi connectivity index (χ0n) is 16.5. The lowest BCUT2D eigenvalue weighted by molar-refractivity contribution is -0.124. The number of carbonyl (C=O) groups is 1. The standard InChI is InChI=1S/C22H30N2O3/c1-13-10-17-22(3,8-5-18(25)23-17)15-4-7-21(2)12-14(11-16(21)20(13)15)27-19-6-9-26-24-19/h5-6,8-9,13-17,20H,4,7,10-12H2,1-3H3,(H,23,25)/t13-,14-,15-,16-,17+,20+,21+,22+/m0/s1. The third kappa shape index (κ3) is 2.57. The first-order chi connectivity index (χ1) is 12.9. The average molecular weight is 370 g/mol. The quantitative estimate of drug-likeness (QED) is 0.856. The van der Waals surface area contributed by atoms with Gasteiger partial charge in [0.15, 0.2) is 0 Å². The molecule has 5 nitrogen and oxygen atoms in total. The number of aromatic nitrogens is 1. The molecule has 8 atom stereocenters. The van der Waals surface area contributed by atoms with Crippen molar-refractivity contribution in [3.05, 3.63) is 24.5 Å². The Morgan fingerprint density at radius 2 is 2.15 bits per heavy atom. The largest absolute Gasteiger partial charge is 0.472 e. The molecule has 27 heavy (non-hydrogen) atoms. The van der Waals surface area contributed by atoms with Crippen LogP contribution in [0, 0.1) is 34.5 Å². The van der Waals surface area contributed by atoms with Gasteiger partial charge in [-0.3, -0.25) is 4.79 Å². The van der Waals surface area contributed by atoms with Crippen LogP contribution in [0.2, 0.25) is 0 Å². The van der Waals surface area contributed by atoms with Gasteiger partial charge in [0.2, 0.25) is 5.91 Å². The van der Waals surface area contributed by atoms with Crippen molar-refractivity contribution >= 4 is 5.91 Å². The number of hydrogen-bond acceptors (Lipinski definition) is 4. The molecule has 3 saturated carbocycles. The number of carbonyl (C=O) groups excluding carboxylic acids is 1. The molecule has 4 aliphatic rings. The van der Waals surface area contributed by atoms with Crippen LogP contribution in [0.3, 0.4) is 0 Å². The van der Waals surface area contributed by atoms with Crippen molar-refractivity contribution in [2.24, 2.45) is 34.5 Å². The maximum atomic E-state index is 11.9. The first-order valence-corrected chi connectivity index (χ1v) is 10.5. The molecule has 0 aromatic carbocycles. The number of fused-ring (bicyclic) bond motifs is 5. The summed E-state index contributed by atoms with van der Waals surface area (Å²) in [6, 6.07) is 2.08. The van der Waals surface area contributed by atoms with E-state index >= 15 is 0 Å². The Hall–Kier alpha value is -1.78. The summed E-state index contributed by atoms with van der Waals surface area (Å²) in [4.78, 5) is 11.9. The van der Waals surface area contributed by atoms with Crippen molar-refractivity contribution in [2.45, 2.75) is 65.0 Å². The second-order valence-corrected chi connectivity index (χ2v) is 9.97. The van der Waals surface area contributed by atoms with E-state index in [0.29, 0.717) is 35.0 Å². The second-order valence-electron chi connectivity index (χ2n) is 9.97. The molecule has 3 aliphatic carbocycles. The molecule has 0 radical (unpaired) electrons. The fourth-order valence-corrected chi connectivity index (χ4v) is 7.20. The van der Waals surface area contributed by atoms with Crippen LogP contribution in [-0.4, -0.2) is 23.2 Å². The van der Waals surface area contributed by atoms with Crippen LogP contribution in [0.4, 0.5) is 0 Å². The Morgan fingerprint density at radius 3 is 2.93 bits per heavy atom. The Labute approximate surface area is 160 Å². The summed E-state index contributed by atoms with van der Waals surface area (Å²) >= 11 is 0. The predicted octanol–water partition coefficient (Wildman–Crippen LogP) is 3.97. The number of nitrogens with one attached hydrogen (secondary N) is 1. The van der Waals surface area contributed by atoms with Crippen molar-refractivity contribution in [1.29, 1.82) is 0 Å². The van der Waals surface area contributed by atoms with Crippen LogP contribution >= 0.6 is 0 Å². The highest BCUT2D eigenvalue weighted by Gasteiger charge is 2.60. The Morgan fingerprint density at radius 1 is 1.30 bits per heavy atom. The highest BCUT2D eigenvalue weighted by Crippen LogP contribution is 2.64. The molecule has 3 fully saturated rings. The lowest BCUT2D eigenvalue weighted by atomic mass is 9.46. The molecule has 1 N–H and O–H groups in total. The first-order valence-electron chi connectivity index (χ1n) is 10.5. The molecule has 146 valence electrons. The van der Waals surface area contributed by atoms with Crippen LogP contribution < -0.4 is 10.1 Å². The topological polar surface area (TPSA) is 64.4 Å². The molecular weight excluding hydrogens is 340 g/mol. The Bertz CT molecular complexity index is 760. The zero-order chi connectivity index (χ0) is 18.8. The fraction of sp³-hybridized carbons (Fsp3) is 0.727. The maximum absolute atomic E-state index is 11.9. The van der Waals surface area contributed by atoms with Gasteiger partial charge >= 0.3 is 0 Å². The SMILES string of the molecule is C[C@H]1C[C@H]2NC(=O)C=C[C@]2(C)[C@H]2CC[C@]3(C)C[C@@H](Oc4ccon4)C[C@H]3[C@H]12. The molecule has 0 spiro atoms. The molecule has 2 heterocycles. The minimum Gasteiger partial charge on any atom is -0.472 e. The number of ether oxygens (including phenoxy) is 1. The van der Waals surface area contributed by atoms with E-state index in [1.165, 1.54) is 12.8 Å². The van der Waals surface area contributed by atoms with E-state index in [2.05, 4.69) is 37.3 Å². The summed E-state index contributed by atoms with van der Waals surface area (Å²) in [6.07, 6.45) is 11.6. The zero-order valence-corrected chi connectivity index (χ0v) is 16.5. The van der Waals surface area contributed by atoms with Crippen LogP contribution in [0.1, 0.15) is 52.9 Å². The van der Waals surface area contributed by atoms with E-state index in [9.17, 15) is 4.79 Å². The highest BCUT2D eigenvalue weighted by molar-refractivity contribution is 5.89. The molecule has 0 bridgehead atoms. The van der Waals surface area contributed by atoms with Crippen LogP contribution in [0.5, 0.6) is 5.88 Å². The molecule has 1 amide bonds. The lowest BCUT2D eigenvalue weighted by Gasteiger charge is -2.60. The second kappa shape index (κ2) is 5.86. The van der Waals surface area contributed by atoms with E-state index in [1.807, 2.05) is 0 Å². The summed E-state index contributed by atoms with van der Waals surface area (Å²) < 4.78 is 11.1. The van der Waals surface area contributed by atoms with Gasteiger partial charge < -0.3 is 14.6 Å². The van der Waals surface area contributed by atoms with Gasteiger partial charge in [0.1, 0.15) is 12.4 Å². The number of amides is 1. The number of nitrogens with zero attached hydrogens (tertiary/aromatic N) is 1. The average Bonchev–Trinajstić information content (AvgIpc) is 3.23. The number of hydrogen-bond donors (Lipinski definition) is 1. The van der Waals surface area contributed by atoms with E-state index in [1.54, 1.807) is 18.4 Å². The van der Waals surface area contributed by atoms with Crippen LogP contribution in [-0.2, 0) is 4.79 Å². The van der Waals surface area contributed by atoms with E-state index in [0.717, 1.165) is 19.3 Å². The van der Waals surface area contributed by atoms with Crippen molar-refractivity contribution in [2.75, 3.05) is 0 Å². The summed E-state index contributed by atoms with van der Waals surface area (Å²) in [6.45, 7) is 7.25. The van der Waals surface area contributed by atoms with Crippen molar-refractivity contribution in [1.82, 2.24) is 10.5 Å². The van der Waals surface area contributed by atoms with E-state index < -0.39 is 0 Å². The van der Waals surface area contributed by atoms with Gasteiger partial charge in [0.25, 0.3) is 5.88 Å². The summed E-state index contributed by atoms with van der Waals surface area (Å²) in [5.41, 5.74) is 0.423. The molecule has 0 unspecified atom stereocenters. The Kier molecular flexibility index (Phi) is 3.76. The first kappa shape index (κ1) is 17.3. The van der Waals surface area contributed by atoms with Crippen molar-refractivity contribution in [3.8, 4) is 5.88 Å². The van der Waals surface area contributed by atoms with Gasteiger partial charge in [0, 0.05) is 17.5 Å². The molecule has 1 aliphatic heterocycles. The third-order valence-electron chi connectivity index (χ3n) is 8.49. The molecule has 1 aromatic heterocycles. The molecule has 5 rings (SSSR count). The Balaban J connectivity index is 1.43. The number of rotatable bonds is 2. The summed E-state index contributed by atoms with van der Waals surface area (Å²) in [7, 11) is 0. The predicted molar refractivity (Wildman–Crippen MR) is 101 cm³/mol. The molecule has 5 heteroatoms. The lowest BCUT2D eigenvalue weighted by Crippen LogP contribution is -2.61. The maximum Gasteiger partial charge on any atom is 0.254 e. The summed E-state index contributed by atoms with van der Waals surface area (Å²) in [5.74, 6) is 3.30. The molecule has 1 aromatic rings. The van der Waals surface area contributed by atoms with Gasteiger partial charge in [-0.2, -0.15) is 0 Å². The van der Waals surface area contributed by atoms with Gasteiger partial charge in [0.05, 0.1) is 0 Å². The van der Waals surface area contributed by atoms with Crippen molar-refractivity contribution < 1.29 is 14.1 Å². The van der Waals surface area contributed by atoms with Crippen molar-refractivity contribution in [3.63, 3.8) is 0 Å². The minimum absolute atomic E-state index is 0.0747. The van der Waals surface area contributed by atoms with Gasteiger partial charge in [-0.05, 0) is 72.4 Å². The monoisotopic (exact) mass is 370 g/mol. The summed E-state index contributed by atoms with van der Waals surface area (Å²) in [5, 5.41) is 7.20. The fourth-order valence-electron chi connectivity index (χ4n) is 7.20. The van der Waals surface area contributed by atoms with E-state index in [-0.39, 0.29) is 23.5 Å². The van der Waals surface area contributed by atoms with Gasteiger partial charge in [-0.25, -0.2) is 0 Å².